The van der Waals surface area contributed by atoms with Crippen LogP contribution in [-0.4, -0.2) is 69.1 Å². The molecule has 0 fully saturated rings. The lowest BCUT2D eigenvalue weighted by Gasteiger charge is -2.25. The number of ether oxygens (including phenoxy) is 1. The first-order valence-corrected chi connectivity index (χ1v) is 9.99. The lowest BCUT2D eigenvalue weighted by Crippen LogP contribution is -2.47. The molecule has 1 aromatic rings. The minimum atomic E-state index is -1.75. The Labute approximate surface area is 166 Å². The second kappa shape index (κ2) is 13.6. The van der Waals surface area contributed by atoms with Crippen LogP contribution in [0.1, 0.15) is 61.4 Å². The summed E-state index contributed by atoms with van der Waals surface area (Å²) in [6, 6.07) is 7.05. The van der Waals surface area contributed by atoms with E-state index in [2.05, 4.69) is 6.92 Å². The molecule has 0 radical (unpaired) electrons. The fourth-order valence-corrected chi connectivity index (χ4v) is 2.82. The predicted octanol–water partition coefficient (Wildman–Crippen LogP) is 1.18. The third-order valence-electron chi connectivity index (χ3n) is 4.72. The highest BCUT2D eigenvalue weighted by Crippen LogP contribution is 2.12. The van der Waals surface area contributed by atoms with Crippen LogP contribution in [0.2, 0.25) is 0 Å². The molecule has 1 aromatic carbocycles. The number of aliphatic hydroxyl groups excluding tert-OH is 5. The van der Waals surface area contributed by atoms with E-state index in [1.54, 1.807) is 12.1 Å². The summed E-state index contributed by atoms with van der Waals surface area (Å²) in [5.41, 5.74) is 1.47. The standard InChI is InChI=1S/C21H34O7/c1-2-3-4-5-6-7-8-15-9-11-16(12-10-15)21(27)28-14-18(24)20(26)19(25)17(23)13-22/h9-12,17-20,22-26H,2-8,13-14H2,1H3/t17-,18+,19+,20+/m0/s1. The summed E-state index contributed by atoms with van der Waals surface area (Å²) in [5.74, 6) is -0.658. The zero-order chi connectivity index (χ0) is 20.9. The van der Waals surface area contributed by atoms with Crippen LogP contribution in [-0.2, 0) is 11.2 Å². The average molecular weight is 398 g/mol. The second-order valence-corrected chi connectivity index (χ2v) is 7.11. The van der Waals surface area contributed by atoms with Gasteiger partial charge in [0, 0.05) is 0 Å². The van der Waals surface area contributed by atoms with Crippen LogP contribution in [0.4, 0.5) is 0 Å². The van der Waals surface area contributed by atoms with E-state index in [0.29, 0.717) is 5.56 Å². The van der Waals surface area contributed by atoms with Gasteiger partial charge in [0.15, 0.2) is 0 Å². The van der Waals surface area contributed by atoms with Crippen molar-refractivity contribution in [2.45, 2.75) is 76.3 Å². The number of aryl methyl sites for hydroxylation is 1. The molecule has 0 amide bonds. The first kappa shape index (κ1) is 24.5. The van der Waals surface area contributed by atoms with Crippen LogP contribution in [0.15, 0.2) is 24.3 Å². The lowest BCUT2D eigenvalue weighted by molar-refractivity contribution is -0.124. The van der Waals surface area contributed by atoms with E-state index < -0.39 is 43.6 Å². The maximum atomic E-state index is 12.0. The van der Waals surface area contributed by atoms with Gasteiger partial charge < -0.3 is 30.3 Å². The van der Waals surface area contributed by atoms with E-state index in [-0.39, 0.29) is 0 Å². The molecule has 0 unspecified atom stereocenters. The largest absolute Gasteiger partial charge is 0.459 e. The molecule has 28 heavy (non-hydrogen) atoms. The highest BCUT2D eigenvalue weighted by atomic mass is 16.5. The molecular weight excluding hydrogens is 364 g/mol. The highest BCUT2D eigenvalue weighted by molar-refractivity contribution is 5.89. The van der Waals surface area contributed by atoms with E-state index in [4.69, 9.17) is 9.84 Å². The Balaban J connectivity index is 2.38. The van der Waals surface area contributed by atoms with Gasteiger partial charge in [0.25, 0.3) is 0 Å². The number of aliphatic hydroxyl groups is 5. The van der Waals surface area contributed by atoms with Gasteiger partial charge in [0.2, 0.25) is 0 Å². The van der Waals surface area contributed by atoms with Crippen LogP contribution in [0.25, 0.3) is 0 Å². The Morgan fingerprint density at radius 3 is 2.07 bits per heavy atom. The number of unbranched alkanes of at least 4 members (excludes halogenated alkanes) is 5. The molecule has 4 atom stereocenters. The second-order valence-electron chi connectivity index (χ2n) is 7.11. The van der Waals surface area contributed by atoms with Gasteiger partial charge in [-0.2, -0.15) is 0 Å². The van der Waals surface area contributed by atoms with Gasteiger partial charge in [0.05, 0.1) is 12.2 Å². The van der Waals surface area contributed by atoms with Crippen molar-refractivity contribution in [2.75, 3.05) is 13.2 Å². The Hall–Kier alpha value is -1.51. The van der Waals surface area contributed by atoms with E-state index >= 15 is 0 Å². The Kier molecular flexibility index (Phi) is 11.9. The van der Waals surface area contributed by atoms with Crippen LogP contribution in [0, 0.1) is 0 Å². The summed E-state index contributed by atoms with van der Waals surface area (Å²) >= 11 is 0. The molecule has 0 aromatic heterocycles. The molecule has 0 saturated carbocycles. The highest BCUT2D eigenvalue weighted by Gasteiger charge is 2.30. The fraction of sp³-hybridized carbons (Fsp3) is 0.667. The molecule has 1 rings (SSSR count). The van der Waals surface area contributed by atoms with Gasteiger partial charge in [-0.05, 0) is 30.5 Å². The summed E-state index contributed by atoms with van der Waals surface area (Å²) < 4.78 is 4.95. The molecule has 0 aliphatic heterocycles. The smallest absolute Gasteiger partial charge is 0.338 e. The SMILES string of the molecule is CCCCCCCCc1ccc(C(=O)OC[C@@H](O)[C@@H](O)[C@H](O)[C@@H](O)CO)cc1. The maximum absolute atomic E-state index is 12.0. The first-order chi connectivity index (χ1) is 13.4. The number of hydrogen-bond donors (Lipinski definition) is 5. The zero-order valence-corrected chi connectivity index (χ0v) is 16.5. The summed E-state index contributed by atoms with van der Waals surface area (Å²) in [6.45, 7) is 0.880. The number of rotatable bonds is 14. The van der Waals surface area contributed by atoms with Gasteiger partial charge in [0.1, 0.15) is 31.0 Å². The molecule has 5 N–H and O–H groups in total. The fourth-order valence-electron chi connectivity index (χ4n) is 2.82. The van der Waals surface area contributed by atoms with Crippen molar-refractivity contribution in [1.29, 1.82) is 0 Å². The van der Waals surface area contributed by atoms with Gasteiger partial charge in [-0.1, -0.05) is 51.2 Å². The maximum Gasteiger partial charge on any atom is 0.338 e. The summed E-state index contributed by atoms with van der Waals surface area (Å²) in [7, 11) is 0. The van der Waals surface area contributed by atoms with Crippen LogP contribution >= 0.6 is 0 Å². The van der Waals surface area contributed by atoms with Gasteiger partial charge in [-0.3, -0.25) is 0 Å². The van der Waals surface area contributed by atoms with E-state index in [1.807, 2.05) is 12.1 Å². The number of benzene rings is 1. The molecule has 0 heterocycles. The minimum absolute atomic E-state index is 0.323. The first-order valence-electron chi connectivity index (χ1n) is 9.99. The van der Waals surface area contributed by atoms with E-state index in [0.717, 1.165) is 18.4 Å². The van der Waals surface area contributed by atoms with Crippen LogP contribution in [0.3, 0.4) is 0 Å². The predicted molar refractivity (Wildman–Crippen MR) is 105 cm³/mol. The van der Waals surface area contributed by atoms with Crippen LogP contribution in [0.5, 0.6) is 0 Å². The van der Waals surface area contributed by atoms with Crippen molar-refractivity contribution < 1.29 is 35.1 Å². The number of carbonyl (C=O) groups excluding carboxylic acids is 1. The Morgan fingerprint density at radius 2 is 1.46 bits per heavy atom. The summed E-state index contributed by atoms with van der Waals surface area (Å²) in [5, 5.41) is 47.0. The molecule has 0 spiro atoms. The van der Waals surface area contributed by atoms with Crippen molar-refractivity contribution in [2.24, 2.45) is 0 Å². The molecule has 0 bridgehead atoms. The molecule has 7 nitrogen and oxygen atoms in total. The topological polar surface area (TPSA) is 127 Å². The molecule has 0 aliphatic carbocycles. The molecule has 7 heteroatoms. The molecule has 160 valence electrons. The third-order valence-corrected chi connectivity index (χ3v) is 4.72. The molecule has 0 saturated heterocycles. The van der Waals surface area contributed by atoms with Crippen molar-refractivity contribution in [3.05, 3.63) is 35.4 Å². The summed E-state index contributed by atoms with van der Waals surface area (Å²) in [4.78, 5) is 12.0. The quantitative estimate of drug-likeness (QED) is 0.235. The van der Waals surface area contributed by atoms with E-state index in [1.165, 1.54) is 32.1 Å². The van der Waals surface area contributed by atoms with Crippen molar-refractivity contribution in [1.82, 2.24) is 0 Å². The van der Waals surface area contributed by atoms with E-state index in [9.17, 15) is 25.2 Å². The van der Waals surface area contributed by atoms with Crippen LogP contribution < -0.4 is 0 Å². The van der Waals surface area contributed by atoms with Gasteiger partial charge in [-0.15, -0.1) is 0 Å². The minimum Gasteiger partial charge on any atom is -0.459 e. The van der Waals surface area contributed by atoms with Crippen molar-refractivity contribution >= 4 is 5.97 Å². The van der Waals surface area contributed by atoms with Gasteiger partial charge >= 0.3 is 5.97 Å². The lowest BCUT2D eigenvalue weighted by atomic mass is 10.0. The third kappa shape index (κ3) is 8.67. The monoisotopic (exact) mass is 398 g/mol. The number of hydrogen-bond acceptors (Lipinski definition) is 7. The zero-order valence-electron chi connectivity index (χ0n) is 16.5. The van der Waals surface area contributed by atoms with Crippen molar-refractivity contribution in [3.63, 3.8) is 0 Å². The molecule has 0 aliphatic rings. The molecular formula is C21H34O7. The van der Waals surface area contributed by atoms with Gasteiger partial charge in [-0.25, -0.2) is 4.79 Å². The summed E-state index contributed by atoms with van der Waals surface area (Å²) in [6.07, 6.45) is 1.61. The van der Waals surface area contributed by atoms with Crippen molar-refractivity contribution in [3.8, 4) is 0 Å². The normalized spacial score (nSPS) is 15.6. The average Bonchev–Trinajstić information content (AvgIpc) is 2.72. The number of esters is 1. The Morgan fingerprint density at radius 1 is 0.893 bits per heavy atom. The number of carbonyl (C=O) groups is 1. The Bertz CT molecular complexity index is 546.